The molecule has 1 rings (SSSR count). The minimum absolute atomic E-state index is 0.0797. The van der Waals surface area contributed by atoms with Gasteiger partial charge in [-0.3, -0.25) is 9.59 Å². The Balaban J connectivity index is 2.62. The van der Waals surface area contributed by atoms with E-state index in [1.807, 2.05) is 0 Å². The number of ether oxygens (including phenoxy) is 2. The van der Waals surface area contributed by atoms with E-state index < -0.39 is 0 Å². The lowest BCUT2D eigenvalue weighted by atomic mass is 10.1. The standard InChI is InChI=1S/C13H15ClO4/c1-3-18-13(16)7-5-11(15)9-4-6-12(17-2)10(14)8-9/h4,6,8H,3,5,7H2,1-2H3. The third-order valence-electron chi connectivity index (χ3n) is 2.34. The van der Waals surface area contributed by atoms with Crippen LogP contribution in [0.3, 0.4) is 0 Å². The number of esters is 1. The van der Waals surface area contributed by atoms with Crippen LogP contribution in [0.4, 0.5) is 0 Å². The summed E-state index contributed by atoms with van der Waals surface area (Å²) in [7, 11) is 1.50. The average molecular weight is 271 g/mol. The first-order valence-electron chi connectivity index (χ1n) is 5.60. The van der Waals surface area contributed by atoms with Gasteiger partial charge in [-0.25, -0.2) is 0 Å². The number of rotatable bonds is 6. The van der Waals surface area contributed by atoms with Crippen molar-refractivity contribution in [1.82, 2.24) is 0 Å². The van der Waals surface area contributed by atoms with Crippen LogP contribution in [0.1, 0.15) is 30.1 Å². The molecular formula is C13H15ClO4. The summed E-state index contributed by atoms with van der Waals surface area (Å²) in [5.41, 5.74) is 0.463. The number of hydrogen-bond acceptors (Lipinski definition) is 4. The average Bonchev–Trinajstić information content (AvgIpc) is 2.36. The Kier molecular flexibility index (Phi) is 5.65. The Morgan fingerprint density at radius 3 is 2.56 bits per heavy atom. The predicted octanol–water partition coefficient (Wildman–Crippen LogP) is 2.87. The first-order valence-corrected chi connectivity index (χ1v) is 5.98. The molecule has 0 radical (unpaired) electrons. The lowest BCUT2D eigenvalue weighted by Gasteiger charge is -2.05. The number of Topliss-reactive ketones (excluding diaryl/α,β-unsaturated/α-hetero) is 1. The SMILES string of the molecule is CCOC(=O)CCC(=O)c1ccc(OC)c(Cl)c1. The van der Waals surface area contributed by atoms with E-state index in [-0.39, 0.29) is 24.6 Å². The molecule has 0 aliphatic rings. The number of ketones is 1. The van der Waals surface area contributed by atoms with Gasteiger partial charge in [0.25, 0.3) is 0 Å². The lowest BCUT2D eigenvalue weighted by molar-refractivity contribution is -0.143. The molecule has 0 fully saturated rings. The summed E-state index contributed by atoms with van der Waals surface area (Å²) in [4.78, 5) is 22.9. The van der Waals surface area contributed by atoms with E-state index in [1.165, 1.54) is 13.2 Å². The van der Waals surface area contributed by atoms with Crippen molar-refractivity contribution in [3.8, 4) is 5.75 Å². The van der Waals surface area contributed by atoms with Gasteiger partial charge < -0.3 is 9.47 Å². The zero-order chi connectivity index (χ0) is 13.5. The minimum Gasteiger partial charge on any atom is -0.495 e. The molecule has 1 aromatic rings. The number of methoxy groups -OCH3 is 1. The second kappa shape index (κ2) is 7.01. The van der Waals surface area contributed by atoms with Gasteiger partial charge >= 0.3 is 5.97 Å². The molecular weight excluding hydrogens is 256 g/mol. The summed E-state index contributed by atoms with van der Waals surface area (Å²) in [5, 5.41) is 0.375. The van der Waals surface area contributed by atoms with Gasteiger partial charge in [0.2, 0.25) is 0 Å². The van der Waals surface area contributed by atoms with Gasteiger partial charge in [0, 0.05) is 12.0 Å². The maximum Gasteiger partial charge on any atom is 0.306 e. The second-order valence-electron chi connectivity index (χ2n) is 3.58. The minimum atomic E-state index is -0.370. The van der Waals surface area contributed by atoms with Crippen molar-refractivity contribution in [3.63, 3.8) is 0 Å². The summed E-state index contributed by atoms with van der Waals surface area (Å²) < 4.78 is 9.74. The fraction of sp³-hybridized carbons (Fsp3) is 0.385. The third kappa shape index (κ3) is 4.04. The topological polar surface area (TPSA) is 52.6 Å². The van der Waals surface area contributed by atoms with Crippen molar-refractivity contribution in [3.05, 3.63) is 28.8 Å². The van der Waals surface area contributed by atoms with E-state index in [0.717, 1.165) is 0 Å². The zero-order valence-corrected chi connectivity index (χ0v) is 11.1. The molecule has 0 N–H and O–H groups in total. The number of benzene rings is 1. The Hall–Kier alpha value is -1.55. The van der Waals surface area contributed by atoms with Crippen molar-refractivity contribution in [1.29, 1.82) is 0 Å². The van der Waals surface area contributed by atoms with E-state index in [1.54, 1.807) is 19.1 Å². The van der Waals surface area contributed by atoms with Crippen LogP contribution in [0, 0.1) is 0 Å². The molecule has 1 aromatic carbocycles. The molecule has 0 bridgehead atoms. The number of hydrogen-bond donors (Lipinski definition) is 0. The number of halogens is 1. The Morgan fingerprint density at radius 1 is 1.28 bits per heavy atom. The molecule has 98 valence electrons. The predicted molar refractivity (Wildman–Crippen MR) is 68.2 cm³/mol. The smallest absolute Gasteiger partial charge is 0.306 e. The summed E-state index contributed by atoms with van der Waals surface area (Å²) in [6, 6.07) is 4.78. The van der Waals surface area contributed by atoms with Gasteiger partial charge in [0.05, 0.1) is 25.2 Å². The van der Waals surface area contributed by atoms with Crippen LogP contribution < -0.4 is 4.74 Å². The van der Waals surface area contributed by atoms with Crippen LogP contribution in [0.2, 0.25) is 5.02 Å². The van der Waals surface area contributed by atoms with E-state index in [0.29, 0.717) is 22.9 Å². The Labute approximate surface area is 111 Å². The maximum absolute atomic E-state index is 11.8. The fourth-order valence-electron chi connectivity index (χ4n) is 1.43. The molecule has 0 atom stereocenters. The van der Waals surface area contributed by atoms with Crippen LogP contribution in [0.5, 0.6) is 5.75 Å². The van der Waals surface area contributed by atoms with Crippen molar-refractivity contribution in [2.45, 2.75) is 19.8 Å². The summed E-state index contributed by atoms with van der Waals surface area (Å²) in [6.45, 7) is 2.05. The normalized spacial score (nSPS) is 9.94. The highest BCUT2D eigenvalue weighted by molar-refractivity contribution is 6.32. The van der Waals surface area contributed by atoms with E-state index in [9.17, 15) is 9.59 Å². The summed E-state index contributed by atoms with van der Waals surface area (Å²) in [5.74, 6) is -0.00308. The van der Waals surface area contributed by atoms with Gasteiger partial charge in [-0.2, -0.15) is 0 Å². The van der Waals surface area contributed by atoms with Gasteiger partial charge in [-0.1, -0.05) is 11.6 Å². The van der Waals surface area contributed by atoms with Gasteiger partial charge in [0.15, 0.2) is 5.78 Å². The molecule has 18 heavy (non-hydrogen) atoms. The maximum atomic E-state index is 11.8. The quantitative estimate of drug-likeness (QED) is 0.589. The Morgan fingerprint density at radius 2 is 2.00 bits per heavy atom. The first kappa shape index (κ1) is 14.5. The van der Waals surface area contributed by atoms with Crippen LogP contribution in [0.25, 0.3) is 0 Å². The number of carbonyl (C=O) groups is 2. The molecule has 0 heterocycles. The molecule has 0 saturated heterocycles. The Bertz CT molecular complexity index is 443. The fourth-order valence-corrected chi connectivity index (χ4v) is 1.69. The highest BCUT2D eigenvalue weighted by Crippen LogP contribution is 2.25. The van der Waals surface area contributed by atoms with E-state index in [2.05, 4.69) is 0 Å². The highest BCUT2D eigenvalue weighted by Gasteiger charge is 2.11. The molecule has 4 nitrogen and oxygen atoms in total. The van der Waals surface area contributed by atoms with Gasteiger partial charge in [-0.15, -0.1) is 0 Å². The second-order valence-corrected chi connectivity index (χ2v) is 3.98. The van der Waals surface area contributed by atoms with Gasteiger partial charge in [-0.05, 0) is 25.1 Å². The molecule has 0 amide bonds. The van der Waals surface area contributed by atoms with Crippen LogP contribution in [0.15, 0.2) is 18.2 Å². The van der Waals surface area contributed by atoms with Crippen molar-refractivity contribution in [2.75, 3.05) is 13.7 Å². The lowest BCUT2D eigenvalue weighted by Crippen LogP contribution is -2.08. The van der Waals surface area contributed by atoms with Gasteiger partial charge in [0.1, 0.15) is 5.75 Å². The van der Waals surface area contributed by atoms with Crippen molar-refractivity contribution < 1.29 is 19.1 Å². The number of carbonyl (C=O) groups excluding carboxylic acids is 2. The highest BCUT2D eigenvalue weighted by atomic mass is 35.5. The molecule has 0 unspecified atom stereocenters. The third-order valence-corrected chi connectivity index (χ3v) is 2.63. The monoisotopic (exact) mass is 270 g/mol. The van der Waals surface area contributed by atoms with E-state index in [4.69, 9.17) is 21.1 Å². The molecule has 5 heteroatoms. The van der Waals surface area contributed by atoms with Crippen molar-refractivity contribution >= 4 is 23.4 Å². The van der Waals surface area contributed by atoms with Crippen molar-refractivity contribution in [2.24, 2.45) is 0 Å². The summed E-state index contributed by atoms with van der Waals surface area (Å²) >= 11 is 5.92. The molecule has 0 aromatic heterocycles. The molecule has 0 aliphatic heterocycles. The van der Waals surface area contributed by atoms with Crippen LogP contribution in [-0.2, 0) is 9.53 Å². The molecule has 0 saturated carbocycles. The zero-order valence-electron chi connectivity index (χ0n) is 10.4. The van der Waals surface area contributed by atoms with Crippen LogP contribution >= 0.6 is 11.6 Å². The van der Waals surface area contributed by atoms with E-state index >= 15 is 0 Å². The molecule has 0 spiro atoms. The molecule has 0 aliphatic carbocycles. The first-order chi connectivity index (χ1) is 8.58. The largest absolute Gasteiger partial charge is 0.495 e. The summed E-state index contributed by atoms with van der Waals surface area (Å²) in [6.07, 6.45) is 0.192. The van der Waals surface area contributed by atoms with Crippen LogP contribution in [-0.4, -0.2) is 25.5 Å².